The van der Waals surface area contributed by atoms with Crippen molar-refractivity contribution in [1.29, 1.82) is 0 Å². The van der Waals surface area contributed by atoms with E-state index >= 15 is 0 Å². The third kappa shape index (κ3) is 4.58. The second-order valence-corrected chi connectivity index (χ2v) is 9.51. The Hall–Kier alpha value is -0.263. The molecule has 0 aliphatic heterocycles. The van der Waals surface area contributed by atoms with Crippen LogP contribution in [0.1, 0.15) is 0 Å². The summed E-state index contributed by atoms with van der Waals surface area (Å²) in [6.45, 7) is 7.82. The quantitative estimate of drug-likeness (QED) is 0.522. The molecule has 0 amide bonds. The first-order valence-electron chi connectivity index (χ1n) is 3.55. The van der Waals surface area contributed by atoms with Crippen LogP contribution in [0.5, 0.6) is 0 Å². The zero-order valence-electron chi connectivity index (χ0n) is 7.28. The zero-order valence-corrected chi connectivity index (χ0v) is 9.10. The van der Waals surface area contributed by atoms with Gasteiger partial charge in [-0.05, 0) is 5.38 Å². The first-order valence-corrected chi connectivity index (χ1v) is 7.88. The molecule has 0 aromatic carbocycles. The van der Waals surface area contributed by atoms with Gasteiger partial charge < -0.3 is 10.2 Å². The van der Waals surface area contributed by atoms with E-state index in [0.717, 1.165) is 11.8 Å². The lowest BCUT2D eigenvalue weighted by Gasteiger charge is -2.17. The fourth-order valence-electron chi connectivity index (χ4n) is 0.424. The third-order valence-electron chi connectivity index (χ3n) is 1.38. The molecule has 0 bridgehead atoms. The highest BCUT2D eigenvalue weighted by atomic mass is 32.2. The smallest absolute Gasteiger partial charge is 0.343 e. The van der Waals surface area contributed by atoms with Gasteiger partial charge in [0.1, 0.15) is 0 Å². The molecule has 12 heavy (non-hydrogen) atoms. The van der Waals surface area contributed by atoms with Crippen molar-refractivity contribution in [2.24, 2.45) is 0 Å². The van der Waals surface area contributed by atoms with E-state index in [1.807, 2.05) is 5.70 Å². The van der Waals surface area contributed by atoms with Crippen LogP contribution in [0.2, 0.25) is 13.1 Å². The van der Waals surface area contributed by atoms with Crippen molar-refractivity contribution >= 4 is 25.8 Å². The molecule has 0 heterocycles. The van der Waals surface area contributed by atoms with E-state index < -0.39 is 19.5 Å². The van der Waals surface area contributed by atoms with Gasteiger partial charge >= 0.3 is 5.97 Å². The van der Waals surface area contributed by atoms with Gasteiger partial charge in [-0.25, -0.2) is 4.79 Å². The topological polar surface area (TPSA) is 57.5 Å². The van der Waals surface area contributed by atoms with Crippen molar-refractivity contribution in [1.82, 2.24) is 0 Å². The highest BCUT2D eigenvalue weighted by Gasteiger charge is 2.21. The second-order valence-electron chi connectivity index (χ2n) is 3.19. The number of carboxylic acid groups (broad SMARTS) is 1. The van der Waals surface area contributed by atoms with Crippen LogP contribution in [0.3, 0.4) is 0 Å². The van der Waals surface area contributed by atoms with Crippen molar-refractivity contribution in [2.45, 2.75) is 18.5 Å². The molecule has 3 nitrogen and oxygen atoms in total. The van der Waals surface area contributed by atoms with E-state index in [1.165, 1.54) is 0 Å². The summed E-state index contributed by atoms with van der Waals surface area (Å²) in [4.78, 5) is 10.2. The van der Waals surface area contributed by atoms with E-state index in [2.05, 4.69) is 19.7 Å². The number of hydrogen-bond acceptors (Lipinski definition) is 3. The molecule has 1 atom stereocenters. The molecule has 0 saturated heterocycles. The Bertz CT molecular complexity index is 181. The average molecular weight is 206 g/mol. The van der Waals surface area contributed by atoms with E-state index in [4.69, 9.17) is 10.2 Å². The number of carboxylic acids is 1. The van der Waals surface area contributed by atoms with Crippen molar-refractivity contribution < 1.29 is 15.0 Å². The van der Waals surface area contributed by atoms with Gasteiger partial charge in [0.05, 0.1) is 8.07 Å². The molecule has 0 aliphatic carbocycles. The van der Waals surface area contributed by atoms with Gasteiger partial charge in [0.25, 0.3) is 0 Å². The van der Waals surface area contributed by atoms with Gasteiger partial charge in [0.2, 0.25) is 0 Å². The molecular formula is C7H14O3SSi. The van der Waals surface area contributed by atoms with Crippen molar-refractivity contribution in [3.8, 4) is 0 Å². The number of rotatable bonds is 5. The van der Waals surface area contributed by atoms with Gasteiger partial charge in [0.15, 0.2) is 5.44 Å². The summed E-state index contributed by atoms with van der Waals surface area (Å²) < 4.78 is 0. The molecule has 5 heteroatoms. The lowest BCUT2D eigenvalue weighted by atomic mass is 10.7. The Labute approximate surface area is 77.5 Å². The average Bonchev–Trinajstić information content (AvgIpc) is 2.00. The SMILES string of the molecule is C=C[Si](C)(C)CSC(O)C(=O)O. The number of aliphatic hydroxyl groups is 1. The maximum Gasteiger partial charge on any atom is 0.343 e. The Morgan fingerprint density at radius 2 is 2.25 bits per heavy atom. The Morgan fingerprint density at radius 1 is 1.75 bits per heavy atom. The number of aliphatic carboxylic acids is 1. The van der Waals surface area contributed by atoms with Crippen LogP contribution in [0, 0.1) is 0 Å². The maximum absolute atomic E-state index is 10.2. The molecule has 70 valence electrons. The van der Waals surface area contributed by atoms with Gasteiger partial charge in [-0.3, -0.25) is 0 Å². The fraction of sp³-hybridized carbons (Fsp3) is 0.571. The zero-order chi connectivity index (χ0) is 9.78. The van der Waals surface area contributed by atoms with Gasteiger partial charge in [0, 0.05) is 0 Å². The fourth-order valence-corrected chi connectivity index (χ4v) is 3.39. The summed E-state index contributed by atoms with van der Waals surface area (Å²) >= 11 is 1.06. The van der Waals surface area contributed by atoms with E-state index in [9.17, 15) is 4.79 Å². The van der Waals surface area contributed by atoms with E-state index in [-0.39, 0.29) is 0 Å². The van der Waals surface area contributed by atoms with Crippen LogP contribution in [0.15, 0.2) is 12.3 Å². The lowest BCUT2D eigenvalue weighted by Crippen LogP contribution is -2.29. The minimum Gasteiger partial charge on any atom is -0.479 e. The lowest BCUT2D eigenvalue weighted by molar-refractivity contribution is -0.141. The molecule has 0 spiro atoms. The summed E-state index contributed by atoms with van der Waals surface area (Å²) in [5, 5.41) is 18.0. The first-order chi connectivity index (χ1) is 5.39. The molecule has 0 rings (SSSR count). The molecule has 1 unspecified atom stereocenters. The normalized spacial score (nSPS) is 13.9. The van der Waals surface area contributed by atoms with E-state index in [1.54, 1.807) is 0 Å². The van der Waals surface area contributed by atoms with Crippen LogP contribution >= 0.6 is 11.8 Å². The van der Waals surface area contributed by atoms with Crippen LogP contribution < -0.4 is 0 Å². The molecule has 0 fully saturated rings. The molecule has 0 aliphatic rings. The second kappa shape index (κ2) is 4.69. The number of thioether (sulfide) groups is 1. The molecular weight excluding hydrogens is 192 g/mol. The third-order valence-corrected chi connectivity index (χ3v) is 6.64. The summed E-state index contributed by atoms with van der Waals surface area (Å²) in [5.41, 5.74) is 0.589. The first kappa shape index (κ1) is 11.7. The number of carbonyl (C=O) groups is 1. The standard InChI is InChI=1S/C7H14O3SSi/c1-4-12(2,3)5-11-7(10)6(8)9/h4,7,10H,1,5H2,2-3H3,(H,8,9). The molecule has 0 aromatic rings. The molecule has 0 aromatic heterocycles. The van der Waals surface area contributed by atoms with Crippen LogP contribution in [0.25, 0.3) is 0 Å². The monoisotopic (exact) mass is 206 g/mol. The van der Waals surface area contributed by atoms with E-state index in [0.29, 0.717) is 5.38 Å². The minimum absolute atomic E-state index is 0.684. The summed E-state index contributed by atoms with van der Waals surface area (Å²) in [6.07, 6.45) is 0. The largest absolute Gasteiger partial charge is 0.479 e. The Morgan fingerprint density at radius 3 is 2.58 bits per heavy atom. The van der Waals surface area contributed by atoms with Crippen LogP contribution in [0.4, 0.5) is 0 Å². The van der Waals surface area contributed by atoms with Gasteiger partial charge in [-0.1, -0.05) is 13.1 Å². The Kier molecular flexibility index (Phi) is 4.58. The number of hydrogen-bond donors (Lipinski definition) is 2. The highest BCUT2D eigenvalue weighted by molar-refractivity contribution is 8.02. The summed E-state index contributed by atoms with van der Waals surface area (Å²) in [7, 11) is -1.48. The van der Waals surface area contributed by atoms with Crippen LogP contribution in [-0.2, 0) is 4.79 Å². The minimum atomic E-state index is -1.48. The van der Waals surface area contributed by atoms with Gasteiger partial charge in [-0.15, -0.1) is 24.0 Å². The van der Waals surface area contributed by atoms with Crippen molar-refractivity contribution in [3.05, 3.63) is 12.3 Å². The number of aliphatic hydroxyl groups excluding tert-OH is 1. The maximum atomic E-state index is 10.2. The van der Waals surface area contributed by atoms with Gasteiger partial charge in [-0.2, -0.15) is 0 Å². The molecule has 0 radical (unpaired) electrons. The van der Waals surface area contributed by atoms with Crippen LogP contribution in [-0.4, -0.2) is 35.1 Å². The van der Waals surface area contributed by atoms with Crippen molar-refractivity contribution in [2.75, 3.05) is 5.38 Å². The van der Waals surface area contributed by atoms with Crippen molar-refractivity contribution in [3.63, 3.8) is 0 Å². The molecule has 0 saturated carbocycles. The summed E-state index contributed by atoms with van der Waals surface area (Å²) in [5.74, 6) is -1.17. The predicted octanol–water partition coefficient (Wildman–Crippen LogP) is 1.10. The highest BCUT2D eigenvalue weighted by Crippen LogP contribution is 2.16. The molecule has 2 N–H and O–H groups in total. The Balaban J connectivity index is 3.83. The predicted molar refractivity (Wildman–Crippen MR) is 53.8 cm³/mol. The summed E-state index contributed by atoms with van der Waals surface area (Å²) in [6, 6.07) is 0.